The van der Waals surface area contributed by atoms with Crippen LogP contribution in [-0.4, -0.2) is 11.1 Å². The molecule has 0 aliphatic rings. The molecule has 1 heterocycles. The second kappa shape index (κ2) is 3.25. The highest BCUT2D eigenvalue weighted by atomic mass is 79.9. The van der Waals surface area contributed by atoms with Crippen LogP contribution in [0.15, 0.2) is 8.26 Å². The second-order valence-electron chi connectivity index (χ2n) is 1.95. The number of rotatable bonds is 1. The van der Waals surface area contributed by atoms with Crippen molar-refractivity contribution >= 4 is 49.2 Å². The van der Waals surface area contributed by atoms with Crippen LogP contribution in [0.1, 0.15) is 15.2 Å². The van der Waals surface area contributed by atoms with E-state index in [1.807, 2.05) is 0 Å². The third-order valence-electron chi connectivity index (χ3n) is 1.23. The molecule has 60 valence electrons. The van der Waals surface area contributed by atoms with Crippen molar-refractivity contribution in [1.82, 2.24) is 0 Å². The molecule has 0 aliphatic carbocycles. The highest BCUT2D eigenvalue weighted by molar-refractivity contribution is 9.13. The molecule has 5 heteroatoms. The maximum Gasteiger partial charge on any atom is 0.346 e. The maximum atomic E-state index is 10.6. The normalized spacial score (nSPS) is 10.1. The summed E-state index contributed by atoms with van der Waals surface area (Å²) in [6.07, 6.45) is 0. The van der Waals surface area contributed by atoms with Gasteiger partial charge in [0.15, 0.2) is 0 Å². The molecule has 0 amide bonds. The van der Waals surface area contributed by atoms with Gasteiger partial charge in [-0.3, -0.25) is 0 Å². The Hall–Kier alpha value is 0.130. The van der Waals surface area contributed by atoms with Crippen LogP contribution < -0.4 is 0 Å². The first kappa shape index (κ1) is 9.22. The molecule has 0 fully saturated rings. The summed E-state index contributed by atoms with van der Waals surface area (Å²) in [5, 5.41) is 8.67. The third-order valence-corrected chi connectivity index (χ3v) is 4.96. The summed E-state index contributed by atoms with van der Waals surface area (Å²) in [5.41, 5.74) is 0.773. The first-order chi connectivity index (χ1) is 5.04. The van der Waals surface area contributed by atoms with Gasteiger partial charge in [-0.15, -0.1) is 11.3 Å². The lowest BCUT2D eigenvalue weighted by Gasteiger charge is -1.88. The summed E-state index contributed by atoms with van der Waals surface area (Å²) in [6, 6.07) is 0. The van der Waals surface area contributed by atoms with Crippen LogP contribution >= 0.6 is 43.2 Å². The van der Waals surface area contributed by atoms with E-state index in [2.05, 4.69) is 31.9 Å². The van der Waals surface area contributed by atoms with Gasteiger partial charge in [0.25, 0.3) is 0 Å². The van der Waals surface area contributed by atoms with Crippen LogP contribution in [0.4, 0.5) is 0 Å². The van der Waals surface area contributed by atoms with Gasteiger partial charge in [-0.1, -0.05) is 0 Å². The quantitative estimate of drug-likeness (QED) is 0.864. The van der Waals surface area contributed by atoms with E-state index in [-0.39, 0.29) is 0 Å². The van der Waals surface area contributed by atoms with Gasteiger partial charge in [-0.05, 0) is 44.3 Å². The number of halogens is 2. The molecule has 0 aliphatic heterocycles. The van der Waals surface area contributed by atoms with E-state index >= 15 is 0 Å². The number of hydrogen-bond acceptors (Lipinski definition) is 2. The zero-order chi connectivity index (χ0) is 8.59. The molecule has 0 atom stereocenters. The Kier molecular flexibility index (Phi) is 2.72. The molecule has 1 N–H and O–H groups in total. The SMILES string of the molecule is Cc1c(C(=O)O)sc(Br)c1Br. The predicted octanol–water partition coefficient (Wildman–Crippen LogP) is 3.28. The Morgan fingerprint density at radius 1 is 1.55 bits per heavy atom. The van der Waals surface area contributed by atoms with E-state index in [1.165, 1.54) is 11.3 Å². The van der Waals surface area contributed by atoms with Crippen molar-refractivity contribution in [2.45, 2.75) is 6.92 Å². The summed E-state index contributed by atoms with van der Waals surface area (Å²) in [7, 11) is 0. The molecule has 0 aromatic carbocycles. The van der Waals surface area contributed by atoms with Crippen molar-refractivity contribution in [3.05, 3.63) is 18.7 Å². The predicted molar refractivity (Wildman–Crippen MR) is 51.4 cm³/mol. The monoisotopic (exact) mass is 298 g/mol. The van der Waals surface area contributed by atoms with E-state index in [0.717, 1.165) is 13.8 Å². The molecular weight excluding hydrogens is 296 g/mol. The van der Waals surface area contributed by atoms with Crippen molar-refractivity contribution in [2.24, 2.45) is 0 Å². The Labute approximate surface area is 84.5 Å². The smallest absolute Gasteiger partial charge is 0.346 e. The Balaban J connectivity index is 3.29. The first-order valence-corrected chi connectivity index (χ1v) is 5.12. The van der Waals surface area contributed by atoms with E-state index in [1.54, 1.807) is 6.92 Å². The van der Waals surface area contributed by atoms with Gasteiger partial charge in [0.1, 0.15) is 4.88 Å². The molecule has 11 heavy (non-hydrogen) atoms. The van der Waals surface area contributed by atoms with Crippen molar-refractivity contribution in [3.63, 3.8) is 0 Å². The Morgan fingerprint density at radius 2 is 2.09 bits per heavy atom. The molecule has 1 aromatic rings. The van der Waals surface area contributed by atoms with Crippen molar-refractivity contribution in [2.75, 3.05) is 0 Å². The fraction of sp³-hybridized carbons (Fsp3) is 0.167. The van der Waals surface area contributed by atoms with Crippen LogP contribution in [0.2, 0.25) is 0 Å². The van der Waals surface area contributed by atoms with Gasteiger partial charge >= 0.3 is 5.97 Å². The standard InChI is InChI=1S/C6H4Br2O2S/c1-2-3(7)5(8)11-4(2)6(9)10/h1H3,(H,9,10). The molecule has 0 radical (unpaired) electrons. The third kappa shape index (κ3) is 1.65. The average molecular weight is 300 g/mol. The van der Waals surface area contributed by atoms with Gasteiger partial charge in [0, 0.05) is 4.47 Å². The minimum atomic E-state index is -0.876. The fourth-order valence-corrected chi connectivity index (χ4v) is 2.78. The number of aromatic carboxylic acids is 1. The van der Waals surface area contributed by atoms with Crippen LogP contribution in [0, 0.1) is 6.92 Å². The lowest BCUT2D eigenvalue weighted by atomic mass is 10.3. The summed E-state index contributed by atoms with van der Waals surface area (Å²) < 4.78 is 1.66. The van der Waals surface area contributed by atoms with E-state index in [9.17, 15) is 4.79 Å². The lowest BCUT2D eigenvalue weighted by molar-refractivity contribution is 0.0701. The summed E-state index contributed by atoms with van der Waals surface area (Å²) in [4.78, 5) is 10.9. The van der Waals surface area contributed by atoms with E-state index in [4.69, 9.17) is 5.11 Å². The van der Waals surface area contributed by atoms with Crippen LogP contribution in [-0.2, 0) is 0 Å². The van der Waals surface area contributed by atoms with E-state index < -0.39 is 5.97 Å². The van der Waals surface area contributed by atoms with Crippen molar-refractivity contribution < 1.29 is 9.90 Å². The topological polar surface area (TPSA) is 37.3 Å². The molecule has 2 nitrogen and oxygen atoms in total. The van der Waals surface area contributed by atoms with Gasteiger partial charge in [0.2, 0.25) is 0 Å². The van der Waals surface area contributed by atoms with Gasteiger partial charge in [-0.2, -0.15) is 0 Å². The van der Waals surface area contributed by atoms with Crippen molar-refractivity contribution in [1.29, 1.82) is 0 Å². The van der Waals surface area contributed by atoms with Crippen LogP contribution in [0.5, 0.6) is 0 Å². The number of carbonyl (C=O) groups is 1. The fourth-order valence-electron chi connectivity index (χ4n) is 0.662. The summed E-state index contributed by atoms with van der Waals surface area (Å²) in [5.74, 6) is -0.876. The molecule has 0 spiro atoms. The van der Waals surface area contributed by atoms with Gasteiger partial charge in [0.05, 0.1) is 3.79 Å². The average Bonchev–Trinajstić information content (AvgIpc) is 2.17. The van der Waals surface area contributed by atoms with Gasteiger partial charge in [-0.25, -0.2) is 4.79 Å². The molecule has 0 saturated carbocycles. The molecule has 0 saturated heterocycles. The Bertz CT molecular complexity index is 306. The largest absolute Gasteiger partial charge is 0.477 e. The highest BCUT2D eigenvalue weighted by Crippen LogP contribution is 2.36. The maximum absolute atomic E-state index is 10.6. The number of thiophene rings is 1. The molecule has 1 aromatic heterocycles. The first-order valence-electron chi connectivity index (χ1n) is 2.71. The zero-order valence-corrected chi connectivity index (χ0v) is 9.51. The highest BCUT2D eigenvalue weighted by Gasteiger charge is 2.15. The second-order valence-corrected chi connectivity index (χ2v) is 5.08. The number of hydrogen-bond donors (Lipinski definition) is 1. The lowest BCUT2D eigenvalue weighted by Crippen LogP contribution is -1.93. The zero-order valence-electron chi connectivity index (χ0n) is 5.52. The molecule has 1 rings (SSSR count). The molecule has 0 unspecified atom stereocenters. The summed E-state index contributed by atoms with van der Waals surface area (Å²) >= 11 is 7.73. The number of carboxylic acid groups (broad SMARTS) is 1. The van der Waals surface area contributed by atoms with Crippen LogP contribution in [0.25, 0.3) is 0 Å². The molecular formula is C6H4Br2O2S. The summed E-state index contributed by atoms with van der Waals surface area (Å²) in [6.45, 7) is 1.77. The van der Waals surface area contributed by atoms with Gasteiger partial charge < -0.3 is 5.11 Å². The number of carboxylic acids is 1. The minimum Gasteiger partial charge on any atom is -0.477 e. The molecule has 0 bridgehead atoms. The van der Waals surface area contributed by atoms with Crippen LogP contribution in [0.3, 0.4) is 0 Å². The van der Waals surface area contributed by atoms with E-state index in [0.29, 0.717) is 4.88 Å². The Morgan fingerprint density at radius 3 is 2.27 bits per heavy atom. The minimum absolute atomic E-state index is 0.378. The van der Waals surface area contributed by atoms with Crippen molar-refractivity contribution in [3.8, 4) is 0 Å².